The maximum absolute atomic E-state index is 13.9. The Morgan fingerprint density at radius 2 is 1.73 bits per heavy atom. The van der Waals surface area contributed by atoms with Crippen LogP contribution in [-0.2, 0) is 19.1 Å². The van der Waals surface area contributed by atoms with E-state index in [2.05, 4.69) is 10.6 Å². The largest absolute Gasteiger partial charge is 0.396 e. The van der Waals surface area contributed by atoms with Gasteiger partial charge in [0.25, 0.3) is 0 Å². The molecule has 0 saturated carbocycles. The average molecular weight is 526 g/mol. The van der Waals surface area contributed by atoms with Crippen molar-refractivity contribution >= 4 is 40.7 Å². The van der Waals surface area contributed by atoms with Crippen molar-refractivity contribution in [2.45, 2.75) is 56.3 Å². The molecule has 2 unspecified atom stereocenters. The highest BCUT2D eigenvalue weighted by Gasteiger charge is 2.74. The van der Waals surface area contributed by atoms with Crippen LogP contribution in [-0.4, -0.2) is 58.6 Å². The number of aliphatic hydroxyl groups is 1. The maximum Gasteiger partial charge on any atom is 0.250 e. The van der Waals surface area contributed by atoms with E-state index in [1.165, 1.54) is 0 Å². The molecule has 3 N–H and O–H groups in total. The van der Waals surface area contributed by atoms with Crippen LogP contribution >= 0.6 is 11.6 Å². The number of rotatable bonds is 10. The Labute approximate surface area is 221 Å². The van der Waals surface area contributed by atoms with Gasteiger partial charge in [0.15, 0.2) is 0 Å². The van der Waals surface area contributed by atoms with Gasteiger partial charge in [-0.2, -0.15) is 0 Å². The summed E-state index contributed by atoms with van der Waals surface area (Å²) in [6.45, 7) is 0.508. The zero-order valence-electron chi connectivity index (χ0n) is 20.6. The summed E-state index contributed by atoms with van der Waals surface area (Å²) >= 11 is 6.30. The van der Waals surface area contributed by atoms with Crippen LogP contribution in [0, 0.1) is 11.8 Å². The third-order valence-corrected chi connectivity index (χ3v) is 8.16. The molecule has 3 aliphatic heterocycles. The predicted molar refractivity (Wildman–Crippen MR) is 140 cm³/mol. The Morgan fingerprint density at radius 3 is 2.49 bits per heavy atom. The number of hydrogen-bond donors (Lipinski definition) is 3. The van der Waals surface area contributed by atoms with Crippen LogP contribution in [0.15, 0.2) is 54.6 Å². The Balaban J connectivity index is 1.42. The minimum atomic E-state index is -1.06. The maximum atomic E-state index is 13.9. The van der Waals surface area contributed by atoms with Crippen LogP contribution in [0.2, 0.25) is 5.02 Å². The van der Waals surface area contributed by atoms with E-state index in [-0.39, 0.29) is 24.3 Å². The van der Waals surface area contributed by atoms with E-state index < -0.39 is 29.6 Å². The normalized spacial score (nSPS) is 27.8. The molecule has 5 atom stereocenters. The molecule has 2 bridgehead atoms. The first-order valence-electron chi connectivity index (χ1n) is 13.0. The molecular formula is C28H32ClN3O5. The summed E-state index contributed by atoms with van der Waals surface area (Å²) in [6.07, 6.45) is 3.77. The molecule has 3 heterocycles. The molecule has 37 heavy (non-hydrogen) atoms. The lowest BCUT2D eigenvalue weighted by Crippen LogP contribution is -2.53. The van der Waals surface area contributed by atoms with Gasteiger partial charge in [0.2, 0.25) is 17.7 Å². The van der Waals surface area contributed by atoms with E-state index in [1.807, 2.05) is 18.2 Å². The van der Waals surface area contributed by atoms with Gasteiger partial charge < -0.3 is 25.4 Å². The van der Waals surface area contributed by atoms with Gasteiger partial charge in [-0.15, -0.1) is 0 Å². The first-order chi connectivity index (χ1) is 18.0. The van der Waals surface area contributed by atoms with Crippen LogP contribution in [0.4, 0.5) is 11.4 Å². The molecule has 2 aromatic carbocycles. The lowest BCUT2D eigenvalue weighted by molar-refractivity contribution is -0.139. The van der Waals surface area contributed by atoms with Crippen molar-refractivity contribution < 1.29 is 24.2 Å². The number of unbranched alkanes of at least 4 members (excludes halogenated alkanes) is 3. The Bertz CT molecular complexity index is 1160. The quantitative estimate of drug-likeness (QED) is 0.408. The summed E-state index contributed by atoms with van der Waals surface area (Å²) in [5, 5.41) is 15.3. The van der Waals surface area contributed by atoms with Crippen molar-refractivity contribution in [3.8, 4) is 0 Å². The molecule has 1 spiro atoms. The van der Waals surface area contributed by atoms with Crippen molar-refractivity contribution in [2.75, 3.05) is 23.8 Å². The number of carbonyl (C=O) groups excluding carboxylic acids is 3. The second-order valence-corrected chi connectivity index (χ2v) is 10.5. The third-order valence-electron chi connectivity index (χ3n) is 7.83. The number of anilines is 2. The third kappa shape index (κ3) is 4.74. The molecule has 0 aromatic heterocycles. The molecule has 2 aromatic rings. The number of halogens is 1. The van der Waals surface area contributed by atoms with Gasteiger partial charge in [-0.05, 0) is 49.9 Å². The molecule has 3 fully saturated rings. The molecule has 8 nitrogen and oxygen atoms in total. The van der Waals surface area contributed by atoms with Crippen molar-refractivity contribution in [2.24, 2.45) is 11.8 Å². The highest BCUT2D eigenvalue weighted by Crippen LogP contribution is 2.58. The second kappa shape index (κ2) is 10.8. The average Bonchev–Trinajstić information content (AvgIpc) is 3.53. The summed E-state index contributed by atoms with van der Waals surface area (Å²) in [7, 11) is 0. The summed E-state index contributed by atoms with van der Waals surface area (Å²) < 4.78 is 6.45. The van der Waals surface area contributed by atoms with E-state index >= 15 is 0 Å². The number of aliphatic hydroxyl groups excluding tert-OH is 1. The van der Waals surface area contributed by atoms with Gasteiger partial charge in [-0.25, -0.2) is 0 Å². The standard InChI is InChI=1S/C28H32ClN3O5/c29-19-12-6-7-13-20(19)31-26(35)24-28-15-14-21(37-28)22(25(34)30-18-10-4-3-5-11-18)23(28)27(36)32(24)16-8-1-2-9-17-33/h3-7,10-13,21-24,33H,1-2,8-9,14-17H2,(H,30,34)(H,31,35)/t21-,22+,23-,24?,28?/m0/s1. The highest BCUT2D eigenvalue weighted by molar-refractivity contribution is 6.33. The smallest absolute Gasteiger partial charge is 0.250 e. The predicted octanol–water partition coefficient (Wildman–Crippen LogP) is 3.84. The van der Waals surface area contributed by atoms with Gasteiger partial charge in [0.1, 0.15) is 11.6 Å². The molecule has 0 aliphatic carbocycles. The van der Waals surface area contributed by atoms with Gasteiger partial charge in [-0.3, -0.25) is 14.4 Å². The van der Waals surface area contributed by atoms with Crippen molar-refractivity contribution in [3.05, 3.63) is 59.6 Å². The van der Waals surface area contributed by atoms with E-state index in [0.717, 1.165) is 12.8 Å². The summed E-state index contributed by atoms with van der Waals surface area (Å²) in [4.78, 5) is 42.7. The number of carbonyl (C=O) groups is 3. The Kier molecular flexibility index (Phi) is 7.51. The zero-order chi connectivity index (χ0) is 26.0. The Hall–Kier alpha value is -2.94. The highest BCUT2D eigenvalue weighted by atomic mass is 35.5. The number of nitrogens with one attached hydrogen (secondary N) is 2. The molecule has 3 aliphatic rings. The SMILES string of the molecule is O=C(Nc1ccccc1Cl)C1N(CCCCCCO)C(=O)[C@@H]2[C@H](C(=O)Nc3ccccc3)[C@@H]3CCC12O3. The number of hydrogen-bond acceptors (Lipinski definition) is 5. The number of nitrogens with zero attached hydrogens (tertiary/aromatic N) is 1. The monoisotopic (exact) mass is 525 g/mol. The lowest BCUT2D eigenvalue weighted by Gasteiger charge is -2.33. The number of amides is 3. The van der Waals surface area contributed by atoms with E-state index in [0.29, 0.717) is 48.6 Å². The number of fused-ring (bicyclic) bond motifs is 1. The van der Waals surface area contributed by atoms with E-state index in [9.17, 15) is 14.4 Å². The first kappa shape index (κ1) is 25.7. The summed E-state index contributed by atoms with van der Waals surface area (Å²) in [5.74, 6) is -2.22. The van der Waals surface area contributed by atoms with Gasteiger partial charge in [0, 0.05) is 18.8 Å². The molecular weight excluding hydrogens is 494 g/mol. The van der Waals surface area contributed by atoms with Crippen LogP contribution in [0.1, 0.15) is 38.5 Å². The number of para-hydroxylation sites is 2. The van der Waals surface area contributed by atoms with E-state index in [1.54, 1.807) is 41.3 Å². The zero-order valence-corrected chi connectivity index (χ0v) is 21.3. The molecule has 3 amide bonds. The summed E-state index contributed by atoms with van der Waals surface area (Å²) in [6, 6.07) is 15.3. The first-order valence-corrected chi connectivity index (χ1v) is 13.3. The van der Waals surface area contributed by atoms with Gasteiger partial charge in [0.05, 0.1) is 28.6 Å². The fourth-order valence-electron chi connectivity index (χ4n) is 6.25. The minimum Gasteiger partial charge on any atom is -0.396 e. The molecule has 0 radical (unpaired) electrons. The number of benzene rings is 2. The van der Waals surface area contributed by atoms with Crippen LogP contribution < -0.4 is 10.6 Å². The fraction of sp³-hybridized carbons (Fsp3) is 0.464. The van der Waals surface area contributed by atoms with Crippen molar-refractivity contribution in [1.29, 1.82) is 0 Å². The van der Waals surface area contributed by atoms with Crippen LogP contribution in [0.25, 0.3) is 0 Å². The molecule has 196 valence electrons. The van der Waals surface area contributed by atoms with Crippen LogP contribution in [0.5, 0.6) is 0 Å². The molecule has 3 saturated heterocycles. The van der Waals surface area contributed by atoms with E-state index in [4.69, 9.17) is 21.4 Å². The van der Waals surface area contributed by atoms with Gasteiger partial charge in [-0.1, -0.05) is 54.8 Å². The minimum absolute atomic E-state index is 0.129. The number of ether oxygens (including phenoxy) is 1. The van der Waals surface area contributed by atoms with Crippen LogP contribution in [0.3, 0.4) is 0 Å². The molecule has 5 rings (SSSR count). The van der Waals surface area contributed by atoms with Crippen molar-refractivity contribution in [3.63, 3.8) is 0 Å². The van der Waals surface area contributed by atoms with Gasteiger partial charge >= 0.3 is 0 Å². The number of likely N-dealkylation sites (tertiary alicyclic amines) is 1. The second-order valence-electron chi connectivity index (χ2n) is 10.0. The topological polar surface area (TPSA) is 108 Å². The Morgan fingerprint density at radius 1 is 1.00 bits per heavy atom. The fourth-order valence-corrected chi connectivity index (χ4v) is 6.44. The summed E-state index contributed by atoms with van der Waals surface area (Å²) in [5.41, 5.74) is 0.0652. The van der Waals surface area contributed by atoms with Crippen molar-refractivity contribution in [1.82, 2.24) is 4.90 Å². The molecule has 9 heteroatoms. The lowest BCUT2D eigenvalue weighted by atomic mass is 9.70.